The van der Waals surface area contributed by atoms with Crippen LogP contribution in [0.25, 0.3) is 0 Å². The Morgan fingerprint density at radius 3 is 2.84 bits per heavy atom. The normalized spacial score (nSPS) is 16.3. The fraction of sp³-hybridized carbons (Fsp3) is 0.353. The first kappa shape index (κ1) is 18.0. The van der Waals surface area contributed by atoms with Gasteiger partial charge in [0.2, 0.25) is 5.91 Å². The number of aromatic nitrogens is 2. The van der Waals surface area contributed by atoms with Gasteiger partial charge in [0, 0.05) is 19.4 Å². The molecule has 0 spiro atoms. The van der Waals surface area contributed by atoms with Gasteiger partial charge in [0.1, 0.15) is 11.6 Å². The molecule has 8 heteroatoms. The van der Waals surface area contributed by atoms with Gasteiger partial charge in [0.05, 0.1) is 17.1 Å². The van der Waals surface area contributed by atoms with E-state index in [0.29, 0.717) is 22.3 Å². The maximum Gasteiger partial charge on any atom is 0.279 e. The molecule has 0 aliphatic carbocycles. The number of methoxy groups -OCH3 is 1. The third-order valence-corrected chi connectivity index (χ3v) is 5.68. The molecule has 3 rings (SSSR count). The van der Waals surface area contributed by atoms with Crippen molar-refractivity contribution in [3.8, 4) is 5.75 Å². The summed E-state index contributed by atoms with van der Waals surface area (Å²) in [5.74, 6) is 1.58. The lowest BCUT2D eigenvalue weighted by molar-refractivity contribution is -0.116. The number of rotatable bonds is 4. The summed E-state index contributed by atoms with van der Waals surface area (Å²) < 4.78 is 7.82. The Morgan fingerprint density at radius 2 is 2.20 bits per heavy atom. The zero-order valence-electron chi connectivity index (χ0n) is 14.1. The Kier molecular flexibility index (Phi) is 5.19. The number of hydrogen-bond donors (Lipinski definition) is 1. The minimum Gasteiger partial charge on any atom is -0.496 e. The van der Waals surface area contributed by atoms with Crippen molar-refractivity contribution in [2.75, 3.05) is 18.2 Å². The Morgan fingerprint density at radius 1 is 1.44 bits per heavy atom. The van der Waals surface area contributed by atoms with Crippen LogP contribution in [0.15, 0.2) is 32.6 Å². The molecule has 0 saturated heterocycles. The van der Waals surface area contributed by atoms with Gasteiger partial charge in [0.25, 0.3) is 5.56 Å². The van der Waals surface area contributed by atoms with Gasteiger partial charge in [-0.15, -0.1) is 0 Å². The standard InChI is InChI=1S/C17H18BrN3O3S/c1-4-25-17-20-16(23)14-10(8-13(22)19-15(14)21(17)2)9-5-6-12(24-3)11(18)7-9/h5-7,10H,4,8H2,1-3H3,(H,19,22). The van der Waals surface area contributed by atoms with Crippen molar-refractivity contribution in [2.45, 2.75) is 24.4 Å². The van der Waals surface area contributed by atoms with Crippen LogP contribution >= 0.6 is 27.7 Å². The van der Waals surface area contributed by atoms with Crippen LogP contribution < -0.4 is 15.6 Å². The predicted octanol–water partition coefficient (Wildman–Crippen LogP) is 3.14. The maximum atomic E-state index is 12.7. The van der Waals surface area contributed by atoms with Crippen molar-refractivity contribution in [2.24, 2.45) is 7.05 Å². The Balaban J connectivity index is 2.16. The second-order valence-corrected chi connectivity index (χ2v) is 7.74. The highest BCUT2D eigenvalue weighted by molar-refractivity contribution is 9.10. The molecule has 6 nitrogen and oxygen atoms in total. The number of hydrogen-bond acceptors (Lipinski definition) is 5. The monoisotopic (exact) mass is 423 g/mol. The molecule has 0 bridgehead atoms. The number of benzene rings is 1. The molecular weight excluding hydrogens is 406 g/mol. The average Bonchev–Trinajstić information content (AvgIpc) is 2.58. The lowest BCUT2D eigenvalue weighted by atomic mass is 9.87. The van der Waals surface area contributed by atoms with E-state index in [1.165, 1.54) is 11.8 Å². The second-order valence-electron chi connectivity index (χ2n) is 5.65. The lowest BCUT2D eigenvalue weighted by Gasteiger charge is -2.27. The van der Waals surface area contributed by atoms with Crippen LogP contribution in [0.2, 0.25) is 0 Å². The first-order valence-electron chi connectivity index (χ1n) is 7.83. The maximum absolute atomic E-state index is 12.7. The number of nitrogens with zero attached hydrogens (tertiary/aromatic N) is 2. The van der Waals surface area contributed by atoms with Crippen LogP contribution in [0.1, 0.15) is 30.4 Å². The lowest BCUT2D eigenvalue weighted by Crippen LogP contribution is -2.33. The molecule has 25 heavy (non-hydrogen) atoms. The fourth-order valence-corrected chi connectivity index (χ4v) is 4.23. The number of thioether (sulfide) groups is 1. The van der Waals surface area contributed by atoms with Crippen LogP contribution in [0.5, 0.6) is 5.75 Å². The molecule has 1 aliphatic heterocycles. The number of amides is 1. The predicted molar refractivity (Wildman–Crippen MR) is 102 cm³/mol. The van der Waals surface area contributed by atoms with Gasteiger partial charge in [-0.2, -0.15) is 4.98 Å². The van der Waals surface area contributed by atoms with Crippen LogP contribution in [-0.4, -0.2) is 28.3 Å². The SMILES string of the molecule is CCSc1nc(=O)c2c(n1C)NC(=O)CC2c1ccc(OC)c(Br)c1. The van der Waals surface area contributed by atoms with Gasteiger partial charge in [-0.3, -0.25) is 9.59 Å². The minimum absolute atomic E-state index is 0.113. The van der Waals surface area contributed by atoms with Gasteiger partial charge in [-0.1, -0.05) is 24.8 Å². The van der Waals surface area contributed by atoms with Gasteiger partial charge < -0.3 is 14.6 Å². The van der Waals surface area contributed by atoms with Crippen LogP contribution in [-0.2, 0) is 11.8 Å². The Labute approximate surface area is 158 Å². The number of carbonyl (C=O) groups is 1. The fourth-order valence-electron chi connectivity index (χ4n) is 2.98. The van der Waals surface area contributed by atoms with Gasteiger partial charge in [-0.25, -0.2) is 0 Å². The van der Waals surface area contributed by atoms with Crippen molar-refractivity contribution in [1.29, 1.82) is 0 Å². The van der Waals surface area contributed by atoms with Crippen molar-refractivity contribution >= 4 is 39.4 Å². The van der Waals surface area contributed by atoms with E-state index in [2.05, 4.69) is 26.2 Å². The van der Waals surface area contributed by atoms with E-state index in [1.807, 2.05) is 32.2 Å². The molecule has 0 fully saturated rings. The zero-order chi connectivity index (χ0) is 18.1. The molecule has 132 valence electrons. The molecule has 1 N–H and O–H groups in total. The summed E-state index contributed by atoms with van der Waals surface area (Å²) in [6.07, 6.45) is 0.211. The average molecular weight is 424 g/mol. The highest BCUT2D eigenvalue weighted by Gasteiger charge is 2.32. The summed E-state index contributed by atoms with van der Waals surface area (Å²) >= 11 is 4.94. The van der Waals surface area contributed by atoms with E-state index in [1.54, 1.807) is 11.7 Å². The molecule has 0 saturated carbocycles. The second kappa shape index (κ2) is 7.21. The topological polar surface area (TPSA) is 73.2 Å². The summed E-state index contributed by atoms with van der Waals surface area (Å²) in [6.45, 7) is 1.99. The highest BCUT2D eigenvalue weighted by Crippen LogP contribution is 2.38. The molecule has 1 unspecified atom stereocenters. The van der Waals surface area contributed by atoms with E-state index in [0.717, 1.165) is 15.8 Å². The van der Waals surface area contributed by atoms with E-state index in [4.69, 9.17) is 4.74 Å². The molecule has 1 aromatic heterocycles. The summed E-state index contributed by atoms with van der Waals surface area (Å²) in [4.78, 5) is 29.2. The molecule has 1 aromatic carbocycles. The van der Waals surface area contributed by atoms with Crippen LogP contribution in [0.3, 0.4) is 0 Å². The first-order valence-corrected chi connectivity index (χ1v) is 9.61. The largest absolute Gasteiger partial charge is 0.496 e. The molecule has 2 aromatic rings. The smallest absolute Gasteiger partial charge is 0.279 e. The number of ether oxygens (including phenoxy) is 1. The van der Waals surface area contributed by atoms with Crippen molar-refractivity contribution < 1.29 is 9.53 Å². The highest BCUT2D eigenvalue weighted by atomic mass is 79.9. The van der Waals surface area contributed by atoms with E-state index in [-0.39, 0.29) is 23.8 Å². The van der Waals surface area contributed by atoms with E-state index in [9.17, 15) is 9.59 Å². The minimum atomic E-state index is -0.335. The number of nitrogens with one attached hydrogen (secondary N) is 1. The van der Waals surface area contributed by atoms with Crippen LogP contribution in [0, 0.1) is 0 Å². The van der Waals surface area contributed by atoms with Crippen LogP contribution in [0.4, 0.5) is 5.82 Å². The Hall–Kier alpha value is -1.80. The van der Waals surface area contributed by atoms with E-state index >= 15 is 0 Å². The Bertz CT molecular complexity index is 897. The number of carbonyl (C=O) groups excluding carboxylic acids is 1. The van der Waals surface area contributed by atoms with Gasteiger partial charge in [-0.05, 0) is 39.4 Å². The van der Waals surface area contributed by atoms with Gasteiger partial charge in [0.15, 0.2) is 5.16 Å². The molecule has 1 aliphatic rings. The van der Waals surface area contributed by atoms with Crippen molar-refractivity contribution in [1.82, 2.24) is 9.55 Å². The molecule has 0 radical (unpaired) electrons. The molecular formula is C17H18BrN3O3S. The summed E-state index contributed by atoms with van der Waals surface area (Å²) in [6, 6.07) is 5.59. The van der Waals surface area contributed by atoms with Crippen molar-refractivity contribution in [3.05, 3.63) is 44.2 Å². The molecule has 2 heterocycles. The summed E-state index contributed by atoms with van der Waals surface area (Å²) in [5, 5.41) is 3.44. The quantitative estimate of drug-likeness (QED) is 0.603. The number of anilines is 1. The van der Waals surface area contributed by atoms with Crippen molar-refractivity contribution in [3.63, 3.8) is 0 Å². The third kappa shape index (κ3) is 3.32. The number of fused-ring (bicyclic) bond motifs is 1. The van der Waals surface area contributed by atoms with E-state index < -0.39 is 0 Å². The zero-order valence-corrected chi connectivity index (χ0v) is 16.5. The first-order chi connectivity index (χ1) is 12.0. The summed E-state index contributed by atoms with van der Waals surface area (Å²) in [5.41, 5.74) is 1.11. The third-order valence-electron chi connectivity index (χ3n) is 4.15. The van der Waals surface area contributed by atoms with Gasteiger partial charge >= 0.3 is 0 Å². The number of halogens is 1. The molecule has 1 amide bonds. The summed E-state index contributed by atoms with van der Waals surface area (Å²) in [7, 11) is 3.41. The molecule has 1 atom stereocenters.